The largest absolute Gasteiger partial charge is 0.316 e. The van der Waals surface area contributed by atoms with Crippen molar-refractivity contribution in [3.63, 3.8) is 0 Å². The number of nitrogens with one attached hydrogen (secondary N) is 1. The fourth-order valence-electron chi connectivity index (χ4n) is 1.55. The van der Waals surface area contributed by atoms with Crippen LogP contribution in [-0.4, -0.2) is 55.7 Å². The van der Waals surface area contributed by atoms with E-state index in [9.17, 15) is 8.42 Å². The van der Waals surface area contributed by atoms with Crippen molar-refractivity contribution < 1.29 is 8.42 Å². The van der Waals surface area contributed by atoms with E-state index in [1.165, 1.54) is 0 Å². The van der Waals surface area contributed by atoms with Gasteiger partial charge >= 0.3 is 0 Å². The average Bonchev–Trinajstić information content (AvgIpc) is 2.18. The molecule has 0 amide bonds. The maximum absolute atomic E-state index is 11.9. The molecule has 6 heteroatoms. The minimum absolute atomic E-state index is 0.220. The maximum atomic E-state index is 11.9. The van der Waals surface area contributed by atoms with Gasteiger partial charge in [0, 0.05) is 30.6 Å². The van der Waals surface area contributed by atoms with Crippen LogP contribution < -0.4 is 5.32 Å². The average molecular weight is 252 g/mol. The molecule has 15 heavy (non-hydrogen) atoms. The summed E-state index contributed by atoms with van der Waals surface area (Å²) < 4.78 is 25.4. The Labute approximate surface area is 96.8 Å². The second-order valence-electron chi connectivity index (χ2n) is 3.71. The van der Waals surface area contributed by atoms with Crippen molar-refractivity contribution in [2.24, 2.45) is 0 Å². The topological polar surface area (TPSA) is 49.4 Å². The van der Waals surface area contributed by atoms with Gasteiger partial charge < -0.3 is 5.32 Å². The van der Waals surface area contributed by atoms with Crippen LogP contribution >= 0.6 is 11.8 Å². The van der Waals surface area contributed by atoms with E-state index >= 15 is 0 Å². The number of rotatable bonds is 5. The van der Waals surface area contributed by atoms with Crippen molar-refractivity contribution in [3.05, 3.63) is 0 Å². The summed E-state index contributed by atoms with van der Waals surface area (Å²) in [6, 6.07) is 0. The molecular weight excluding hydrogens is 232 g/mol. The number of nitrogens with zero attached hydrogens (tertiary/aromatic N) is 1. The molecule has 0 aromatic rings. The molecule has 1 heterocycles. The monoisotopic (exact) mass is 252 g/mol. The van der Waals surface area contributed by atoms with E-state index in [1.54, 1.807) is 4.31 Å². The van der Waals surface area contributed by atoms with Crippen LogP contribution in [-0.2, 0) is 10.0 Å². The summed E-state index contributed by atoms with van der Waals surface area (Å²) in [4.78, 5) is 0. The van der Waals surface area contributed by atoms with E-state index in [0.717, 1.165) is 12.3 Å². The smallest absolute Gasteiger partial charge is 0.215 e. The highest BCUT2D eigenvalue weighted by Crippen LogP contribution is 2.20. The second-order valence-corrected chi connectivity index (χ2v) is 7.34. The molecule has 0 aromatic carbocycles. The van der Waals surface area contributed by atoms with Crippen molar-refractivity contribution in [2.45, 2.75) is 19.1 Å². The Bertz CT molecular complexity index is 280. The van der Waals surface area contributed by atoms with Gasteiger partial charge in [0.15, 0.2) is 0 Å². The van der Waals surface area contributed by atoms with Crippen molar-refractivity contribution in [1.29, 1.82) is 0 Å². The Morgan fingerprint density at radius 2 is 2.27 bits per heavy atom. The summed E-state index contributed by atoms with van der Waals surface area (Å²) in [5.41, 5.74) is 0. The molecule has 90 valence electrons. The first-order valence-corrected chi connectivity index (χ1v) is 8.02. The molecule has 1 unspecified atom stereocenters. The lowest BCUT2D eigenvalue weighted by Gasteiger charge is -2.29. The third-order valence-electron chi connectivity index (χ3n) is 2.38. The Morgan fingerprint density at radius 1 is 1.53 bits per heavy atom. The summed E-state index contributed by atoms with van der Waals surface area (Å²) in [5.74, 6) is 1.14. The molecule has 0 aromatic heterocycles. The van der Waals surface area contributed by atoms with Gasteiger partial charge in [0.05, 0.1) is 5.75 Å². The molecule has 1 N–H and O–H groups in total. The van der Waals surface area contributed by atoms with Gasteiger partial charge in [-0.05, 0) is 6.54 Å². The quantitative estimate of drug-likeness (QED) is 0.718. The Morgan fingerprint density at radius 3 is 2.87 bits per heavy atom. The van der Waals surface area contributed by atoms with E-state index in [1.807, 2.05) is 18.7 Å². The normalized spacial score (nSPS) is 24.3. The fourth-order valence-corrected chi connectivity index (χ4v) is 4.25. The van der Waals surface area contributed by atoms with Crippen LogP contribution in [0.4, 0.5) is 0 Å². The highest BCUT2D eigenvalue weighted by atomic mass is 32.2. The third-order valence-corrected chi connectivity index (χ3v) is 5.36. The zero-order valence-corrected chi connectivity index (χ0v) is 11.0. The van der Waals surface area contributed by atoms with Crippen LogP contribution in [0.1, 0.15) is 13.8 Å². The molecule has 0 bridgehead atoms. The van der Waals surface area contributed by atoms with Crippen molar-refractivity contribution >= 4 is 21.8 Å². The molecule has 1 rings (SSSR count). The summed E-state index contributed by atoms with van der Waals surface area (Å²) in [6.45, 7) is 6.77. The van der Waals surface area contributed by atoms with E-state index in [2.05, 4.69) is 12.2 Å². The first-order valence-electron chi connectivity index (χ1n) is 5.36. The van der Waals surface area contributed by atoms with Gasteiger partial charge in [-0.3, -0.25) is 0 Å². The van der Waals surface area contributed by atoms with Crippen LogP contribution in [0.3, 0.4) is 0 Å². The van der Waals surface area contributed by atoms with Gasteiger partial charge in [0.25, 0.3) is 0 Å². The molecule has 1 saturated heterocycles. The highest BCUT2D eigenvalue weighted by molar-refractivity contribution is 8.00. The summed E-state index contributed by atoms with van der Waals surface area (Å²) in [5, 5.41) is 3.47. The number of hydrogen-bond acceptors (Lipinski definition) is 4. The van der Waals surface area contributed by atoms with E-state index in [4.69, 9.17) is 0 Å². The summed E-state index contributed by atoms with van der Waals surface area (Å²) in [6.07, 6.45) is 0. The molecule has 1 aliphatic heterocycles. The highest BCUT2D eigenvalue weighted by Gasteiger charge is 2.26. The van der Waals surface area contributed by atoms with Crippen molar-refractivity contribution in [1.82, 2.24) is 9.62 Å². The predicted molar refractivity (Wildman–Crippen MR) is 65.8 cm³/mol. The number of sulfonamides is 1. The molecule has 1 fully saturated rings. The van der Waals surface area contributed by atoms with Gasteiger partial charge in [0.2, 0.25) is 10.0 Å². The van der Waals surface area contributed by atoms with Crippen LogP contribution in [0.15, 0.2) is 0 Å². The van der Waals surface area contributed by atoms with E-state index in [-0.39, 0.29) is 5.75 Å². The first kappa shape index (κ1) is 13.3. The molecule has 1 aliphatic rings. The zero-order chi connectivity index (χ0) is 11.3. The fraction of sp³-hybridized carbons (Fsp3) is 1.00. The van der Waals surface area contributed by atoms with Gasteiger partial charge in [0.1, 0.15) is 0 Å². The molecule has 0 spiro atoms. The predicted octanol–water partition coefficient (Wildman–Crippen LogP) is 0.363. The molecule has 1 atom stereocenters. The third kappa shape index (κ3) is 4.30. The lowest BCUT2D eigenvalue weighted by atomic mass is 10.4. The molecular formula is C9H20N2O2S2. The maximum Gasteiger partial charge on any atom is 0.215 e. The lowest BCUT2D eigenvalue weighted by Crippen LogP contribution is -2.43. The van der Waals surface area contributed by atoms with Crippen molar-refractivity contribution in [2.75, 3.05) is 37.7 Å². The Hall–Kier alpha value is 0.220. The van der Waals surface area contributed by atoms with Gasteiger partial charge in [-0.15, -0.1) is 0 Å². The van der Waals surface area contributed by atoms with E-state index in [0.29, 0.717) is 24.9 Å². The van der Waals surface area contributed by atoms with Gasteiger partial charge in [-0.25, -0.2) is 8.42 Å². The van der Waals surface area contributed by atoms with E-state index < -0.39 is 10.0 Å². The lowest BCUT2D eigenvalue weighted by molar-refractivity contribution is 0.423. The second kappa shape index (κ2) is 6.08. The van der Waals surface area contributed by atoms with Gasteiger partial charge in [-0.1, -0.05) is 13.8 Å². The minimum Gasteiger partial charge on any atom is -0.316 e. The first-order chi connectivity index (χ1) is 7.06. The van der Waals surface area contributed by atoms with Crippen LogP contribution in [0.2, 0.25) is 0 Å². The standard InChI is InChI=1S/C9H20N2O2S2/c1-3-10-4-7-15(12,13)11-5-6-14-9(2)8-11/h9-10H,3-8H2,1-2H3. The summed E-state index contributed by atoms with van der Waals surface area (Å²) in [7, 11) is -3.03. The molecule has 0 aliphatic carbocycles. The van der Waals surface area contributed by atoms with Crippen LogP contribution in [0.5, 0.6) is 0 Å². The molecule has 4 nitrogen and oxygen atoms in total. The summed E-state index contributed by atoms with van der Waals surface area (Å²) >= 11 is 1.84. The molecule has 0 saturated carbocycles. The van der Waals surface area contributed by atoms with Crippen LogP contribution in [0, 0.1) is 0 Å². The van der Waals surface area contributed by atoms with Crippen molar-refractivity contribution in [3.8, 4) is 0 Å². The Kier molecular flexibility index (Phi) is 5.38. The number of thioether (sulfide) groups is 1. The number of hydrogen-bond donors (Lipinski definition) is 1. The zero-order valence-electron chi connectivity index (χ0n) is 9.40. The Balaban J connectivity index is 2.45. The SMILES string of the molecule is CCNCCS(=O)(=O)N1CCSC(C)C1. The van der Waals surface area contributed by atoms with Gasteiger partial charge in [-0.2, -0.15) is 16.1 Å². The van der Waals surface area contributed by atoms with Crippen LogP contribution in [0.25, 0.3) is 0 Å². The minimum atomic E-state index is -3.03. The molecule has 0 radical (unpaired) electrons.